The number of rotatable bonds is 7. The van der Waals surface area contributed by atoms with Crippen LogP contribution in [-0.4, -0.2) is 26.7 Å². The van der Waals surface area contributed by atoms with Gasteiger partial charge in [0.25, 0.3) is 0 Å². The third-order valence-electron chi connectivity index (χ3n) is 3.83. The van der Waals surface area contributed by atoms with Crippen molar-refractivity contribution in [3.05, 3.63) is 57.4 Å². The fraction of sp³-hybridized carbons (Fsp3) is 0.412. The Bertz CT molecular complexity index is 739. The van der Waals surface area contributed by atoms with Crippen molar-refractivity contribution in [2.75, 3.05) is 0 Å². The molecule has 1 aromatic heterocycles. The summed E-state index contributed by atoms with van der Waals surface area (Å²) in [5, 5.41) is 17.4. The third-order valence-corrected chi connectivity index (χ3v) is 3.83. The first-order chi connectivity index (χ1) is 11.3. The number of hydrogen-bond donors (Lipinski definition) is 1. The van der Waals surface area contributed by atoms with Crippen LogP contribution in [-0.2, 0) is 17.8 Å². The monoisotopic (exact) mass is 330 g/mol. The Hall–Kier alpha value is -2.70. The molecule has 128 valence electrons. The predicted octanol–water partition coefficient (Wildman–Crippen LogP) is 2.55. The zero-order chi connectivity index (χ0) is 17.7. The number of amides is 1. The molecule has 1 aromatic carbocycles. The van der Waals surface area contributed by atoms with Crippen LogP contribution in [0.15, 0.2) is 30.6 Å². The largest absolute Gasteiger partial charge is 0.353 e. The Morgan fingerprint density at radius 2 is 2.17 bits per heavy atom. The van der Waals surface area contributed by atoms with E-state index < -0.39 is 4.92 Å². The maximum absolute atomic E-state index is 12.0. The Labute approximate surface area is 140 Å². The molecule has 0 saturated carbocycles. The number of aromatic nitrogens is 2. The van der Waals surface area contributed by atoms with E-state index in [1.807, 2.05) is 6.92 Å². The maximum Gasteiger partial charge on any atom is 0.306 e. The minimum atomic E-state index is -0.504. The van der Waals surface area contributed by atoms with E-state index >= 15 is 0 Å². The Balaban J connectivity index is 1.81. The molecule has 1 N–H and O–H groups in total. The lowest BCUT2D eigenvalue weighted by Gasteiger charge is -2.16. The second kappa shape index (κ2) is 7.72. The number of carbonyl (C=O) groups excluding carboxylic acids is 1. The lowest BCUT2D eigenvalue weighted by atomic mass is 10.00. The highest BCUT2D eigenvalue weighted by Crippen LogP contribution is 2.13. The first kappa shape index (κ1) is 17.7. The molecule has 0 saturated heterocycles. The molecule has 0 unspecified atom stereocenters. The Kier molecular flexibility index (Phi) is 5.68. The average molecular weight is 330 g/mol. The van der Waals surface area contributed by atoms with Crippen LogP contribution in [0, 0.1) is 24.0 Å². The topological polar surface area (TPSA) is 90.1 Å². The molecular formula is C17H22N4O3. The van der Waals surface area contributed by atoms with Crippen LogP contribution in [0.25, 0.3) is 0 Å². The summed E-state index contributed by atoms with van der Waals surface area (Å²) in [7, 11) is 0. The molecule has 1 heterocycles. The van der Waals surface area contributed by atoms with Gasteiger partial charge in [0.05, 0.1) is 4.92 Å². The van der Waals surface area contributed by atoms with Gasteiger partial charge in [0.2, 0.25) is 5.91 Å². The second-order valence-corrected chi connectivity index (χ2v) is 6.07. The first-order valence-electron chi connectivity index (χ1n) is 7.87. The molecule has 0 radical (unpaired) electrons. The molecule has 2 aromatic rings. The van der Waals surface area contributed by atoms with Gasteiger partial charge in [-0.25, -0.2) is 0 Å². The van der Waals surface area contributed by atoms with Crippen LogP contribution >= 0.6 is 0 Å². The quantitative estimate of drug-likeness (QED) is 0.624. The molecule has 7 nitrogen and oxygen atoms in total. The van der Waals surface area contributed by atoms with Gasteiger partial charge in [-0.2, -0.15) is 5.10 Å². The van der Waals surface area contributed by atoms with Crippen LogP contribution in [0.3, 0.4) is 0 Å². The van der Waals surface area contributed by atoms with Gasteiger partial charge in [0, 0.05) is 19.0 Å². The fourth-order valence-electron chi connectivity index (χ4n) is 2.59. The molecule has 2 rings (SSSR count). The number of benzene rings is 1. The van der Waals surface area contributed by atoms with E-state index in [4.69, 9.17) is 0 Å². The van der Waals surface area contributed by atoms with Crippen LogP contribution in [0.5, 0.6) is 0 Å². The summed E-state index contributed by atoms with van der Waals surface area (Å²) in [6.45, 7) is 6.41. The van der Waals surface area contributed by atoms with Gasteiger partial charge in [-0.05, 0) is 38.3 Å². The summed E-state index contributed by atoms with van der Waals surface area (Å²) >= 11 is 0. The summed E-state index contributed by atoms with van der Waals surface area (Å²) in [6.07, 6.45) is 3.51. The second-order valence-electron chi connectivity index (χ2n) is 6.07. The van der Waals surface area contributed by atoms with E-state index in [1.165, 1.54) is 33.8 Å². The van der Waals surface area contributed by atoms with E-state index in [9.17, 15) is 14.9 Å². The van der Waals surface area contributed by atoms with Crippen molar-refractivity contribution >= 4 is 11.6 Å². The molecule has 0 aliphatic carbocycles. The van der Waals surface area contributed by atoms with E-state index in [-0.39, 0.29) is 24.1 Å². The molecule has 24 heavy (non-hydrogen) atoms. The number of carbonyl (C=O) groups is 1. The minimum Gasteiger partial charge on any atom is -0.353 e. The lowest BCUT2D eigenvalue weighted by molar-refractivity contribution is -0.385. The molecule has 0 fully saturated rings. The lowest BCUT2D eigenvalue weighted by Crippen LogP contribution is -2.34. The standard InChI is InChI=1S/C17H22N4O3/c1-12-4-5-15(13(2)8-12)9-14(3)19-17(22)6-7-20-11-16(10-18-20)21(23)24/h4-5,8,10-11,14H,6-7,9H2,1-3H3,(H,19,22)/t14-/m0/s1. The van der Waals surface area contributed by atoms with Gasteiger partial charge in [0.15, 0.2) is 0 Å². The summed E-state index contributed by atoms with van der Waals surface area (Å²) in [6, 6.07) is 6.32. The minimum absolute atomic E-state index is 0.0193. The maximum atomic E-state index is 12.0. The molecule has 0 aliphatic rings. The van der Waals surface area contributed by atoms with Crippen molar-refractivity contribution in [3.8, 4) is 0 Å². The Morgan fingerprint density at radius 1 is 1.42 bits per heavy atom. The van der Waals surface area contributed by atoms with Crippen LogP contribution in [0.4, 0.5) is 5.69 Å². The highest BCUT2D eigenvalue weighted by molar-refractivity contribution is 5.76. The van der Waals surface area contributed by atoms with Gasteiger partial charge in [-0.3, -0.25) is 19.6 Å². The summed E-state index contributed by atoms with van der Waals surface area (Å²) in [5.74, 6) is -0.0922. The zero-order valence-corrected chi connectivity index (χ0v) is 14.2. The highest BCUT2D eigenvalue weighted by Gasteiger charge is 2.12. The molecule has 7 heteroatoms. The molecule has 0 spiro atoms. The van der Waals surface area contributed by atoms with E-state index in [0.29, 0.717) is 6.54 Å². The third kappa shape index (κ3) is 4.91. The predicted molar refractivity (Wildman–Crippen MR) is 90.7 cm³/mol. The number of hydrogen-bond acceptors (Lipinski definition) is 4. The smallest absolute Gasteiger partial charge is 0.306 e. The van der Waals surface area contributed by atoms with Gasteiger partial charge in [-0.1, -0.05) is 23.8 Å². The summed E-state index contributed by atoms with van der Waals surface area (Å²) in [5.41, 5.74) is 3.59. The van der Waals surface area contributed by atoms with Crippen LogP contribution in [0.2, 0.25) is 0 Å². The zero-order valence-electron chi connectivity index (χ0n) is 14.2. The number of nitrogens with one attached hydrogen (secondary N) is 1. The summed E-state index contributed by atoms with van der Waals surface area (Å²) in [4.78, 5) is 22.1. The molecule has 0 aliphatic heterocycles. The number of nitrogens with zero attached hydrogens (tertiary/aromatic N) is 3. The van der Waals surface area contributed by atoms with Gasteiger partial charge < -0.3 is 5.32 Å². The average Bonchev–Trinajstić information content (AvgIpc) is 2.97. The normalized spacial score (nSPS) is 12.0. The van der Waals surface area contributed by atoms with E-state index in [2.05, 4.69) is 42.5 Å². The summed E-state index contributed by atoms with van der Waals surface area (Å²) < 4.78 is 1.41. The number of aryl methyl sites for hydroxylation is 3. The fourth-order valence-corrected chi connectivity index (χ4v) is 2.59. The van der Waals surface area contributed by atoms with Crippen LogP contribution < -0.4 is 5.32 Å². The van der Waals surface area contributed by atoms with Gasteiger partial charge in [0.1, 0.15) is 12.4 Å². The van der Waals surface area contributed by atoms with E-state index in [0.717, 1.165) is 6.42 Å². The van der Waals surface area contributed by atoms with Crippen LogP contribution in [0.1, 0.15) is 30.0 Å². The molecule has 0 bridgehead atoms. The van der Waals surface area contributed by atoms with Crippen molar-refractivity contribution in [3.63, 3.8) is 0 Å². The molecular weight excluding hydrogens is 308 g/mol. The van der Waals surface area contributed by atoms with Crippen molar-refractivity contribution < 1.29 is 9.72 Å². The number of nitro groups is 1. The SMILES string of the molecule is Cc1ccc(C[C@H](C)NC(=O)CCn2cc([N+](=O)[O-])cn2)c(C)c1. The molecule has 1 atom stereocenters. The van der Waals surface area contributed by atoms with Crippen molar-refractivity contribution in [2.24, 2.45) is 0 Å². The Morgan fingerprint density at radius 3 is 2.79 bits per heavy atom. The van der Waals surface area contributed by atoms with E-state index in [1.54, 1.807) is 0 Å². The highest BCUT2D eigenvalue weighted by atomic mass is 16.6. The first-order valence-corrected chi connectivity index (χ1v) is 7.87. The van der Waals surface area contributed by atoms with Crippen molar-refractivity contribution in [2.45, 2.75) is 46.2 Å². The van der Waals surface area contributed by atoms with Crippen molar-refractivity contribution in [1.29, 1.82) is 0 Å². The van der Waals surface area contributed by atoms with Crippen molar-refractivity contribution in [1.82, 2.24) is 15.1 Å². The molecule has 1 amide bonds. The van der Waals surface area contributed by atoms with Gasteiger partial charge in [-0.15, -0.1) is 0 Å². The van der Waals surface area contributed by atoms with Gasteiger partial charge >= 0.3 is 5.69 Å².